The quantitative estimate of drug-likeness (QED) is 0.577. The number of hydrogen-bond acceptors (Lipinski definition) is 4. The van der Waals surface area contributed by atoms with Crippen LogP contribution in [0, 0.1) is 11.3 Å². The first-order valence-electron chi connectivity index (χ1n) is 6.59. The Kier molecular flexibility index (Phi) is 3.75. The standard InChI is InChI=1S/C14H17BO5/c1-2-20-13(19)14(7-9(14)12(17)18)6-8-3-4-11(16)10(15)5-8/h3-5,9,16H,2,6-7,15H2,1H3,(H,17,18)/t9?,14-/m0/s1. The molecule has 2 rings (SSSR count). The fourth-order valence-corrected chi connectivity index (χ4v) is 2.59. The lowest BCUT2D eigenvalue weighted by Gasteiger charge is -2.15. The van der Waals surface area contributed by atoms with Crippen molar-refractivity contribution >= 4 is 25.2 Å². The number of hydrogen-bond donors (Lipinski definition) is 2. The molecule has 6 heteroatoms. The van der Waals surface area contributed by atoms with Crippen LogP contribution in [0.15, 0.2) is 18.2 Å². The summed E-state index contributed by atoms with van der Waals surface area (Å²) in [5, 5.41) is 18.6. The van der Waals surface area contributed by atoms with Crippen molar-refractivity contribution < 1.29 is 24.5 Å². The Morgan fingerprint density at radius 2 is 2.20 bits per heavy atom. The monoisotopic (exact) mass is 276 g/mol. The van der Waals surface area contributed by atoms with Crippen molar-refractivity contribution in [3.8, 4) is 5.75 Å². The van der Waals surface area contributed by atoms with E-state index < -0.39 is 23.3 Å². The maximum absolute atomic E-state index is 12.1. The largest absolute Gasteiger partial charge is 0.509 e. The molecule has 106 valence electrons. The van der Waals surface area contributed by atoms with E-state index in [2.05, 4.69) is 0 Å². The molecule has 1 fully saturated rings. The molecule has 5 nitrogen and oxygen atoms in total. The third-order valence-corrected chi connectivity index (χ3v) is 3.84. The topological polar surface area (TPSA) is 83.8 Å². The molecule has 0 bridgehead atoms. The maximum atomic E-state index is 12.1. The van der Waals surface area contributed by atoms with Gasteiger partial charge in [0.1, 0.15) is 13.6 Å². The summed E-state index contributed by atoms with van der Waals surface area (Å²) in [6, 6.07) is 5.04. The van der Waals surface area contributed by atoms with Gasteiger partial charge in [-0.3, -0.25) is 9.59 Å². The second-order valence-corrected chi connectivity index (χ2v) is 5.27. The Morgan fingerprint density at radius 1 is 1.50 bits per heavy atom. The summed E-state index contributed by atoms with van der Waals surface area (Å²) in [7, 11) is 1.76. The zero-order valence-corrected chi connectivity index (χ0v) is 11.5. The molecule has 0 amide bonds. The average molecular weight is 276 g/mol. The molecule has 1 aromatic carbocycles. The number of phenolic OH excluding ortho intramolecular Hbond substituents is 1. The average Bonchev–Trinajstić information content (AvgIpc) is 3.10. The van der Waals surface area contributed by atoms with Gasteiger partial charge in [0.05, 0.1) is 17.9 Å². The van der Waals surface area contributed by atoms with E-state index in [1.165, 1.54) is 0 Å². The van der Waals surface area contributed by atoms with E-state index in [1.807, 2.05) is 0 Å². The van der Waals surface area contributed by atoms with Crippen LogP contribution in [0.3, 0.4) is 0 Å². The Hall–Kier alpha value is -1.98. The minimum absolute atomic E-state index is 0.185. The van der Waals surface area contributed by atoms with Crippen molar-refractivity contribution in [2.45, 2.75) is 19.8 Å². The van der Waals surface area contributed by atoms with Crippen LogP contribution in [-0.2, 0) is 20.7 Å². The number of esters is 1. The summed E-state index contributed by atoms with van der Waals surface area (Å²) < 4.78 is 5.02. The van der Waals surface area contributed by atoms with Crippen LogP contribution in [0.2, 0.25) is 0 Å². The highest BCUT2D eigenvalue weighted by Crippen LogP contribution is 2.55. The minimum atomic E-state index is -0.964. The molecule has 1 unspecified atom stereocenters. The molecular weight excluding hydrogens is 259 g/mol. The zero-order chi connectivity index (χ0) is 14.9. The first kappa shape index (κ1) is 14.4. The molecule has 0 aliphatic heterocycles. The van der Waals surface area contributed by atoms with Gasteiger partial charge in [-0.15, -0.1) is 0 Å². The third-order valence-electron chi connectivity index (χ3n) is 3.84. The first-order chi connectivity index (χ1) is 9.40. The number of phenols is 1. The number of ether oxygens (including phenoxy) is 1. The molecule has 0 spiro atoms. The fourth-order valence-electron chi connectivity index (χ4n) is 2.59. The molecule has 20 heavy (non-hydrogen) atoms. The first-order valence-corrected chi connectivity index (χ1v) is 6.59. The number of aromatic hydroxyl groups is 1. The third kappa shape index (κ3) is 2.50. The highest BCUT2D eigenvalue weighted by atomic mass is 16.5. The number of rotatable bonds is 5. The smallest absolute Gasteiger partial charge is 0.313 e. The molecule has 1 aromatic rings. The van der Waals surface area contributed by atoms with E-state index in [0.717, 1.165) is 5.56 Å². The maximum Gasteiger partial charge on any atom is 0.313 e. The Bertz CT molecular complexity index is 556. The lowest BCUT2D eigenvalue weighted by Crippen LogP contribution is -2.26. The summed E-state index contributed by atoms with van der Waals surface area (Å²) in [6.45, 7) is 1.94. The van der Waals surface area contributed by atoms with Crippen LogP contribution < -0.4 is 5.46 Å². The van der Waals surface area contributed by atoms with Crippen LogP contribution in [0.5, 0.6) is 5.75 Å². The lowest BCUT2D eigenvalue weighted by atomic mass is 9.88. The summed E-state index contributed by atoms with van der Waals surface area (Å²) in [4.78, 5) is 23.2. The molecule has 1 aliphatic carbocycles. The van der Waals surface area contributed by atoms with E-state index in [9.17, 15) is 14.7 Å². The van der Waals surface area contributed by atoms with Crippen LogP contribution in [0.4, 0.5) is 0 Å². The Morgan fingerprint density at radius 3 is 2.70 bits per heavy atom. The molecule has 0 aromatic heterocycles. The number of carbonyl (C=O) groups is 2. The molecule has 2 atom stereocenters. The molecule has 0 saturated heterocycles. The second-order valence-electron chi connectivity index (χ2n) is 5.27. The SMILES string of the molecule is Bc1cc(C[C@]2(C(=O)OCC)CC2C(=O)O)ccc1O. The van der Waals surface area contributed by atoms with Gasteiger partial charge < -0.3 is 14.9 Å². The number of carboxylic acids is 1. The predicted octanol–water partition coefficient (Wildman–Crippen LogP) is -0.153. The fraction of sp³-hybridized carbons (Fsp3) is 0.429. The van der Waals surface area contributed by atoms with Gasteiger partial charge in [0, 0.05) is 0 Å². The van der Waals surface area contributed by atoms with Gasteiger partial charge in [0.2, 0.25) is 0 Å². The van der Waals surface area contributed by atoms with Crippen molar-refractivity contribution in [3.63, 3.8) is 0 Å². The molecule has 1 aliphatic rings. The van der Waals surface area contributed by atoms with Crippen LogP contribution in [-0.4, -0.2) is 36.6 Å². The summed E-state index contributed by atoms with van der Waals surface area (Å²) in [5.41, 5.74) is 0.580. The number of carboxylic acid groups (broad SMARTS) is 1. The number of carbonyl (C=O) groups excluding carboxylic acids is 1. The molecule has 0 radical (unpaired) electrons. The van der Waals surface area contributed by atoms with Crippen LogP contribution >= 0.6 is 0 Å². The lowest BCUT2D eigenvalue weighted by molar-refractivity contribution is -0.153. The van der Waals surface area contributed by atoms with Gasteiger partial charge in [0.15, 0.2) is 0 Å². The van der Waals surface area contributed by atoms with E-state index in [4.69, 9.17) is 9.84 Å². The molecule has 2 N–H and O–H groups in total. The normalized spacial score (nSPS) is 24.1. The minimum Gasteiger partial charge on any atom is -0.509 e. The van der Waals surface area contributed by atoms with E-state index in [0.29, 0.717) is 18.3 Å². The van der Waals surface area contributed by atoms with Gasteiger partial charge in [-0.25, -0.2) is 0 Å². The van der Waals surface area contributed by atoms with Crippen molar-refractivity contribution in [3.05, 3.63) is 23.8 Å². The van der Waals surface area contributed by atoms with E-state index in [1.54, 1.807) is 33.0 Å². The van der Waals surface area contributed by atoms with Crippen molar-refractivity contribution in [2.24, 2.45) is 11.3 Å². The van der Waals surface area contributed by atoms with E-state index >= 15 is 0 Å². The zero-order valence-electron chi connectivity index (χ0n) is 11.5. The summed E-state index contributed by atoms with van der Waals surface area (Å²) in [6.07, 6.45) is 0.630. The molecule has 0 heterocycles. The number of benzene rings is 1. The molecule has 1 saturated carbocycles. The van der Waals surface area contributed by atoms with Crippen LogP contribution in [0.25, 0.3) is 0 Å². The Balaban J connectivity index is 2.23. The second kappa shape index (κ2) is 5.19. The van der Waals surface area contributed by atoms with Gasteiger partial charge in [-0.1, -0.05) is 12.1 Å². The van der Waals surface area contributed by atoms with Gasteiger partial charge >= 0.3 is 11.9 Å². The predicted molar refractivity (Wildman–Crippen MR) is 74.8 cm³/mol. The summed E-state index contributed by atoms with van der Waals surface area (Å²) in [5.74, 6) is -1.91. The van der Waals surface area contributed by atoms with Gasteiger partial charge in [0.25, 0.3) is 0 Å². The van der Waals surface area contributed by atoms with Crippen molar-refractivity contribution in [2.75, 3.05) is 6.61 Å². The molecular formula is C14H17BO5. The van der Waals surface area contributed by atoms with Crippen LogP contribution in [0.1, 0.15) is 18.9 Å². The van der Waals surface area contributed by atoms with E-state index in [-0.39, 0.29) is 12.4 Å². The summed E-state index contributed by atoms with van der Waals surface area (Å²) >= 11 is 0. The highest BCUT2D eigenvalue weighted by molar-refractivity contribution is 6.34. The Labute approximate surface area is 118 Å². The van der Waals surface area contributed by atoms with Crippen molar-refractivity contribution in [1.29, 1.82) is 0 Å². The van der Waals surface area contributed by atoms with Gasteiger partial charge in [-0.2, -0.15) is 0 Å². The highest BCUT2D eigenvalue weighted by Gasteiger charge is 2.64. The number of aliphatic carboxylic acids is 1. The van der Waals surface area contributed by atoms with Crippen molar-refractivity contribution in [1.82, 2.24) is 0 Å². The van der Waals surface area contributed by atoms with Gasteiger partial charge in [-0.05, 0) is 36.9 Å².